The number of H-pyrrole nitrogens is 1. The van der Waals surface area contributed by atoms with Gasteiger partial charge in [-0.1, -0.05) is 40.2 Å². The molecule has 0 aliphatic heterocycles. The van der Waals surface area contributed by atoms with Crippen LogP contribution in [0.25, 0.3) is 11.0 Å². The second-order valence-electron chi connectivity index (χ2n) is 3.64. The van der Waals surface area contributed by atoms with E-state index in [1.54, 1.807) is 0 Å². The third-order valence-corrected chi connectivity index (χ3v) is 2.47. The normalized spacial score (nSPS) is 10.0. The molecule has 0 bridgehead atoms. The van der Waals surface area contributed by atoms with Gasteiger partial charge in [0.15, 0.2) is 0 Å². The van der Waals surface area contributed by atoms with Crippen molar-refractivity contribution in [3.63, 3.8) is 0 Å². The van der Waals surface area contributed by atoms with Gasteiger partial charge in [-0.3, -0.25) is 0 Å². The lowest BCUT2D eigenvalue weighted by molar-refractivity contribution is 0.923. The molecule has 0 aliphatic carbocycles. The Labute approximate surface area is 98.1 Å². The average Bonchev–Trinajstić information content (AvgIpc) is 2.74. The largest absolute Gasteiger partial charge is 0.342 e. The van der Waals surface area contributed by atoms with Gasteiger partial charge in [-0.15, -0.1) is 0 Å². The Morgan fingerprint density at radius 2 is 1.94 bits per heavy atom. The SMILES string of the molecule is CC.CCCc1ccc2nc(CC)[nH]c2c1. The summed E-state index contributed by atoms with van der Waals surface area (Å²) in [5.74, 6) is 1.08. The summed E-state index contributed by atoms with van der Waals surface area (Å²) < 4.78 is 0. The minimum absolute atomic E-state index is 0.970. The van der Waals surface area contributed by atoms with Crippen molar-refractivity contribution in [3.05, 3.63) is 29.6 Å². The van der Waals surface area contributed by atoms with Gasteiger partial charge in [-0.2, -0.15) is 0 Å². The summed E-state index contributed by atoms with van der Waals surface area (Å²) >= 11 is 0. The molecule has 2 rings (SSSR count). The molecule has 1 aromatic carbocycles. The summed E-state index contributed by atoms with van der Waals surface area (Å²) in [6.07, 6.45) is 3.31. The predicted octanol–water partition coefficient (Wildman–Crippen LogP) is 4.10. The minimum Gasteiger partial charge on any atom is -0.342 e. The summed E-state index contributed by atoms with van der Waals surface area (Å²) in [5, 5.41) is 0. The van der Waals surface area contributed by atoms with E-state index in [9.17, 15) is 0 Å². The Kier molecular flexibility index (Phi) is 5.03. The molecule has 0 radical (unpaired) electrons. The number of aryl methyl sites for hydroxylation is 2. The summed E-state index contributed by atoms with van der Waals surface area (Å²) in [6, 6.07) is 6.49. The molecule has 2 heteroatoms. The highest BCUT2D eigenvalue weighted by molar-refractivity contribution is 5.75. The molecule has 0 spiro atoms. The summed E-state index contributed by atoms with van der Waals surface area (Å²) in [6.45, 7) is 8.32. The maximum Gasteiger partial charge on any atom is 0.106 e. The van der Waals surface area contributed by atoms with Crippen LogP contribution in [0.15, 0.2) is 18.2 Å². The lowest BCUT2D eigenvalue weighted by Gasteiger charge is -1.96. The molecule has 2 aromatic rings. The van der Waals surface area contributed by atoms with Crippen molar-refractivity contribution in [1.82, 2.24) is 9.97 Å². The van der Waals surface area contributed by atoms with Crippen molar-refractivity contribution in [3.8, 4) is 0 Å². The van der Waals surface area contributed by atoms with E-state index in [-0.39, 0.29) is 0 Å². The summed E-state index contributed by atoms with van der Waals surface area (Å²) in [5.41, 5.74) is 3.65. The molecule has 0 saturated heterocycles. The van der Waals surface area contributed by atoms with E-state index in [2.05, 4.69) is 42.0 Å². The number of benzene rings is 1. The van der Waals surface area contributed by atoms with Crippen LogP contribution in [0.5, 0.6) is 0 Å². The van der Waals surface area contributed by atoms with Crippen molar-refractivity contribution in [2.24, 2.45) is 0 Å². The van der Waals surface area contributed by atoms with Crippen molar-refractivity contribution < 1.29 is 0 Å². The molecule has 2 nitrogen and oxygen atoms in total. The van der Waals surface area contributed by atoms with E-state index in [1.807, 2.05) is 13.8 Å². The van der Waals surface area contributed by atoms with Gasteiger partial charge >= 0.3 is 0 Å². The van der Waals surface area contributed by atoms with Crippen LogP contribution in [0.4, 0.5) is 0 Å². The quantitative estimate of drug-likeness (QED) is 0.825. The van der Waals surface area contributed by atoms with Crippen LogP contribution in [-0.2, 0) is 12.8 Å². The lowest BCUT2D eigenvalue weighted by Crippen LogP contribution is -1.82. The molecule has 0 unspecified atom stereocenters. The van der Waals surface area contributed by atoms with Crippen molar-refractivity contribution in [2.45, 2.75) is 47.0 Å². The van der Waals surface area contributed by atoms with Gasteiger partial charge in [0.1, 0.15) is 5.82 Å². The molecule has 0 fully saturated rings. The Morgan fingerprint density at radius 3 is 2.56 bits per heavy atom. The molecule has 16 heavy (non-hydrogen) atoms. The minimum atomic E-state index is 0.970. The number of hydrogen-bond donors (Lipinski definition) is 1. The third kappa shape index (κ3) is 2.84. The molecular weight excluding hydrogens is 196 g/mol. The first-order valence-corrected chi connectivity index (χ1v) is 6.31. The molecule has 1 aromatic heterocycles. The Balaban J connectivity index is 0.000000606. The van der Waals surface area contributed by atoms with Crippen LogP contribution in [-0.4, -0.2) is 9.97 Å². The number of imidazole rings is 1. The van der Waals surface area contributed by atoms with Crippen LogP contribution in [0.3, 0.4) is 0 Å². The number of fused-ring (bicyclic) bond motifs is 1. The average molecular weight is 218 g/mol. The molecule has 0 aliphatic rings. The van der Waals surface area contributed by atoms with Crippen LogP contribution in [0, 0.1) is 0 Å². The Hall–Kier alpha value is -1.31. The highest BCUT2D eigenvalue weighted by Crippen LogP contribution is 2.15. The van der Waals surface area contributed by atoms with Crippen molar-refractivity contribution in [1.29, 1.82) is 0 Å². The van der Waals surface area contributed by atoms with Gasteiger partial charge < -0.3 is 4.98 Å². The first kappa shape index (κ1) is 12.8. The predicted molar refractivity (Wildman–Crippen MR) is 70.8 cm³/mol. The highest BCUT2D eigenvalue weighted by Gasteiger charge is 2.01. The molecule has 0 amide bonds. The second-order valence-corrected chi connectivity index (χ2v) is 3.64. The number of hydrogen-bond acceptors (Lipinski definition) is 1. The van der Waals surface area contributed by atoms with E-state index < -0.39 is 0 Å². The standard InChI is InChI=1S/C12H16N2.C2H6/c1-3-5-9-6-7-10-11(8-9)14-12(4-2)13-10;1-2/h6-8H,3-5H2,1-2H3,(H,13,14);1-2H3. The maximum atomic E-state index is 4.48. The maximum absolute atomic E-state index is 4.48. The van der Waals surface area contributed by atoms with E-state index in [1.165, 1.54) is 17.5 Å². The zero-order chi connectivity index (χ0) is 12.0. The number of rotatable bonds is 3. The van der Waals surface area contributed by atoms with E-state index in [4.69, 9.17) is 0 Å². The third-order valence-electron chi connectivity index (χ3n) is 2.47. The zero-order valence-electron chi connectivity index (χ0n) is 10.8. The topological polar surface area (TPSA) is 28.7 Å². The fourth-order valence-corrected chi connectivity index (χ4v) is 1.72. The fourth-order valence-electron chi connectivity index (χ4n) is 1.72. The van der Waals surface area contributed by atoms with Crippen molar-refractivity contribution >= 4 is 11.0 Å². The van der Waals surface area contributed by atoms with Crippen LogP contribution in [0.1, 0.15) is 45.5 Å². The molecule has 1 heterocycles. The van der Waals surface area contributed by atoms with Gasteiger partial charge in [-0.05, 0) is 24.1 Å². The van der Waals surface area contributed by atoms with Gasteiger partial charge in [0.2, 0.25) is 0 Å². The van der Waals surface area contributed by atoms with Gasteiger partial charge in [-0.25, -0.2) is 4.98 Å². The molecule has 88 valence electrons. The van der Waals surface area contributed by atoms with Gasteiger partial charge in [0.05, 0.1) is 11.0 Å². The monoisotopic (exact) mass is 218 g/mol. The van der Waals surface area contributed by atoms with E-state index in [0.717, 1.165) is 24.2 Å². The number of nitrogens with zero attached hydrogens (tertiary/aromatic N) is 1. The van der Waals surface area contributed by atoms with Gasteiger partial charge in [0.25, 0.3) is 0 Å². The Morgan fingerprint density at radius 1 is 1.19 bits per heavy atom. The number of aromatic nitrogens is 2. The van der Waals surface area contributed by atoms with E-state index in [0.29, 0.717) is 0 Å². The second kappa shape index (κ2) is 6.31. The Bertz CT molecular complexity index is 429. The smallest absolute Gasteiger partial charge is 0.106 e. The summed E-state index contributed by atoms with van der Waals surface area (Å²) in [7, 11) is 0. The molecule has 1 N–H and O–H groups in total. The number of nitrogens with one attached hydrogen (secondary N) is 1. The molecular formula is C14H22N2. The van der Waals surface area contributed by atoms with E-state index >= 15 is 0 Å². The molecule has 0 saturated carbocycles. The van der Waals surface area contributed by atoms with Gasteiger partial charge in [0, 0.05) is 6.42 Å². The van der Waals surface area contributed by atoms with Crippen LogP contribution < -0.4 is 0 Å². The molecule has 0 atom stereocenters. The highest BCUT2D eigenvalue weighted by atomic mass is 14.9. The fraction of sp³-hybridized carbons (Fsp3) is 0.500. The van der Waals surface area contributed by atoms with Crippen molar-refractivity contribution in [2.75, 3.05) is 0 Å². The number of aromatic amines is 1. The zero-order valence-corrected chi connectivity index (χ0v) is 10.8. The first-order chi connectivity index (χ1) is 7.83. The van der Waals surface area contributed by atoms with Crippen LogP contribution >= 0.6 is 0 Å². The summed E-state index contributed by atoms with van der Waals surface area (Å²) in [4.78, 5) is 7.81. The lowest BCUT2D eigenvalue weighted by atomic mass is 10.1. The first-order valence-electron chi connectivity index (χ1n) is 6.31. The van der Waals surface area contributed by atoms with Crippen LogP contribution in [0.2, 0.25) is 0 Å².